The molecule has 0 unspecified atom stereocenters. The average Bonchev–Trinajstić information content (AvgIpc) is 3.01. The van der Waals surface area contributed by atoms with Crippen LogP contribution in [0.1, 0.15) is 12.0 Å². The third-order valence-electron chi connectivity index (χ3n) is 3.29. The number of aromatic nitrogens is 4. The van der Waals surface area contributed by atoms with Crippen molar-refractivity contribution in [3.05, 3.63) is 22.7 Å². The molecule has 1 amide bonds. The number of rotatable bonds is 11. The molecule has 26 heavy (non-hydrogen) atoms. The van der Waals surface area contributed by atoms with E-state index >= 15 is 0 Å². The summed E-state index contributed by atoms with van der Waals surface area (Å²) in [6, 6.07) is 3.59. The number of nitrogens with zero attached hydrogens (tertiary/aromatic N) is 4. The predicted octanol–water partition coefficient (Wildman–Crippen LogP) is 1.01. The first-order chi connectivity index (χ1) is 12.5. The van der Waals surface area contributed by atoms with Crippen LogP contribution < -0.4 is 20.5 Å². The van der Waals surface area contributed by atoms with E-state index in [0.717, 1.165) is 29.4 Å². The maximum absolute atomic E-state index is 10.9. The van der Waals surface area contributed by atoms with Crippen molar-refractivity contribution < 1.29 is 14.3 Å². The van der Waals surface area contributed by atoms with E-state index in [4.69, 9.17) is 26.8 Å². The highest BCUT2D eigenvalue weighted by Crippen LogP contribution is 2.36. The molecule has 1 heterocycles. The molecule has 0 bridgehead atoms. The zero-order chi connectivity index (χ0) is 18.9. The number of carbonyl (C=O) groups excluding carboxylic acids is 1. The van der Waals surface area contributed by atoms with Crippen molar-refractivity contribution in [1.29, 1.82) is 0 Å². The van der Waals surface area contributed by atoms with Gasteiger partial charge >= 0.3 is 0 Å². The number of nitrogens with two attached hydrogens (primary N) is 1. The topological polar surface area (TPSA) is 117 Å². The molecule has 0 fully saturated rings. The Bertz CT molecular complexity index is 742. The van der Waals surface area contributed by atoms with Gasteiger partial charge in [-0.15, -0.1) is 5.10 Å². The molecule has 9 nitrogen and oxygen atoms in total. The second-order valence-electron chi connectivity index (χ2n) is 5.33. The number of tetrazole rings is 1. The number of amides is 1. The highest BCUT2D eigenvalue weighted by molar-refractivity contribution is 7.99. The number of carbonyl (C=O) groups is 1. The maximum Gasteiger partial charge on any atom is 0.255 e. The molecule has 0 aliphatic heterocycles. The zero-order valence-electron chi connectivity index (χ0n) is 14.6. The lowest BCUT2D eigenvalue weighted by Gasteiger charge is -2.13. The molecule has 2 rings (SSSR count). The SMILES string of the molecule is COc1cc(CNCCCSc2nnnn2C)cc(Cl)c1OCC(N)=O. The minimum Gasteiger partial charge on any atom is -0.493 e. The van der Waals surface area contributed by atoms with Gasteiger partial charge in [-0.2, -0.15) is 0 Å². The van der Waals surface area contributed by atoms with Crippen LogP contribution in [-0.2, 0) is 18.4 Å². The number of thioether (sulfide) groups is 1. The molecule has 0 radical (unpaired) electrons. The van der Waals surface area contributed by atoms with E-state index in [2.05, 4.69) is 20.8 Å². The zero-order valence-corrected chi connectivity index (χ0v) is 16.1. The minimum absolute atomic E-state index is 0.258. The summed E-state index contributed by atoms with van der Waals surface area (Å²) in [5.74, 6) is 1.10. The largest absolute Gasteiger partial charge is 0.493 e. The lowest BCUT2D eigenvalue weighted by Crippen LogP contribution is -2.20. The molecular formula is C15H21ClN6O3S. The van der Waals surface area contributed by atoms with Gasteiger partial charge in [0.15, 0.2) is 18.1 Å². The summed E-state index contributed by atoms with van der Waals surface area (Å²) in [6.45, 7) is 1.20. The summed E-state index contributed by atoms with van der Waals surface area (Å²) in [7, 11) is 3.33. The Hall–Kier alpha value is -2.04. The molecule has 0 aliphatic carbocycles. The Morgan fingerprint density at radius 2 is 2.27 bits per heavy atom. The molecule has 11 heteroatoms. The Labute approximate surface area is 160 Å². The number of hydrogen-bond acceptors (Lipinski definition) is 8. The number of halogens is 1. The summed E-state index contributed by atoms with van der Waals surface area (Å²) in [4.78, 5) is 10.9. The van der Waals surface area contributed by atoms with Crippen LogP contribution in [0, 0.1) is 0 Å². The first kappa shape index (κ1) is 20.3. The smallest absolute Gasteiger partial charge is 0.255 e. The fourth-order valence-corrected chi connectivity index (χ4v) is 3.17. The lowest BCUT2D eigenvalue weighted by atomic mass is 10.2. The second-order valence-corrected chi connectivity index (χ2v) is 6.80. The molecule has 0 saturated heterocycles. The van der Waals surface area contributed by atoms with Gasteiger partial charge in [-0.3, -0.25) is 4.79 Å². The Balaban J connectivity index is 1.79. The number of ether oxygens (including phenoxy) is 2. The van der Waals surface area contributed by atoms with Gasteiger partial charge in [-0.25, -0.2) is 4.68 Å². The van der Waals surface area contributed by atoms with Crippen LogP contribution in [0.5, 0.6) is 11.5 Å². The van der Waals surface area contributed by atoms with E-state index < -0.39 is 5.91 Å². The normalized spacial score (nSPS) is 10.7. The quantitative estimate of drug-likeness (QED) is 0.424. The number of benzene rings is 1. The molecule has 0 atom stereocenters. The van der Waals surface area contributed by atoms with Gasteiger partial charge in [-0.05, 0) is 41.1 Å². The summed E-state index contributed by atoms with van der Waals surface area (Å²) >= 11 is 7.83. The van der Waals surface area contributed by atoms with Crippen molar-refractivity contribution >= 4 is 29.3 Å². The maximum atomic E-state index is 10.9. The highest BCUT2D eigenvalue weighted by atomic mass is 35.5. The number of methoxy groups -OCH3 is 1. The standard InChI is InChI=1S/C15H21ClN6O3S/c1-22-15(19-20-21-22)26-5-3-4-18-8-10-6-11(16)14(12(7-10)24-2)25-9-13(17)23/h6-7,18H,3-5,8-9H2,1-2H3,(H2,17,23). The molecule has 1 aromatic carbocycles. The van der Waals surface area contributed by atoms with Gasteiger partial charge in [0.05, 0.1) is 12.1 Å². The molecule has 0 spiro atoms. The van der Waals surface area contributed by atoms with Crippen LogP contribution in [0.3, 0.4) is 0 Å². The molecule has 0 saturated carbocycles. The average molecular weight is 401 g/mol. The molecule has 1 aromatic heterocycles. The van der Waals surface area contributed by atoms with Crippen molar-refractivity contribution in [2.24, 2.45) is 12.8 Å². The van der Waals surface area contributed by atoms with Crippen molar-refractivity contribution in [2.75, 3.05) is 26.0 Å². The van der Waals surface area contributed by atoms with Crippen molar-refractivity contribution in [3.63, 3.8) is 0 Å². The second kappa shape index (κ2) is 10.2. The van der Waals surface area contributed by atoms with E-state index in [1.165, 1.54) is 7.11 Å². The van der Waals surface area contributed by atoms with Gasteiger partial charge in [0.2, 0.25) is 5.16 Å². The minimum atomic E-state index is -0.580. The third-order valence-corrected chi connectivity index (χ3v) is 4.67. The monoisotopic (exact) mass is 400 g/mol. The van der Waals surface area contributed by atoms with Gasteiger partial charge in [0.1, 0.15) is 0 Å². The number of aryl methyl sites for hydroxylation is 1. The van der Waals surface area contributed by atoms with Gasteiger partial charge < -0.3 is 20.5 Å². The summed E-state index contributed by atoms with van der Waals surface area (Å²) in [5.41, 5.74) is 6.03. The first-order valence-electron chi connectivity index (χ1n) is 7.84. The molecule has 2 aromatic rings. The van der Waals surface area contributed by atoms with Crippen LogP contribution >= 0.6 is 23.4 Å². The molecule has 0 aliphatic rings. The van der Waals surface area contributed by atoms with Crippen molar-refractivity contribution in [3.8, 4) is 11.5 Å². The van der Waals surface area contributed by atoms with E-state index in [0.29, 0.717) is 23.1 Å². The summed E-state index contributed by atoms with van der Waals surface area (Å²) in [5, 5.41) is 15.8. The lowest BCUT2D eigenvalue weighted by molar-refractivity contribution is -0.119. The van der Waals surface area contributed by atoms with Gasteiger partial charge in [0.25, 0.3) is 5.91 Å². The van der Waals surface area contributed by atoms with Crippen LogP contribution in [0.4, 0.5) is 0 Å². The van der Waals surface area contributed by atoms with Gasteiger partial charge in [-0.1, -0.05) is 23.4 Å². The van der Waals surface area contributed by atoms with Crippen LogP contribution in [-0.4, -0.2) is 52.1 Å². The first-order valence-corrected chi connectivity index (χ1v) is 9.21. The molecule has 142 valence electrons. The predicted molar refractivity (Wildman–Crippen MR) is 98.5 cm³/mol. The number of primary amides is 1. The molecule has 3 N–H and O–H groups in total. The van der Waals surface area contributed by atoms with E-state index in [9.17, 15) is 4.79 Å². The van der Waals surface area contributed by atoms with Crippen LogP contribution in [0.25, 0.3) is 0 Å². The Morgan fingerprint density at radius 1 is 1.46 bits per heavy atom. The molecular weight excluding hydrogens is 380 g/mol. The van der Waals surface area contributed by atoms with E-state index in [1.807, 2.05) is 13.1 Å². The fraction of sp³-hybridized carbons (Fsp3) is 0.467. The Kier molecular flexibility index (Phi) is 7.95. The van der Waals surface area contributed by atoms with E-state index in [1.54, 1.807) is 22.5 Å². The highest BCUT2D eigenvalue weighted by Gasteiger charge is 2.13. The summed E-state index contributed by atoms with van der Waals surface area (Å²) in [6.07, 6.45) is 0.961. The number of hydrogen-bond donors (Lipinski definition) is 2. The van der Waals surface area contributed by atoms with Crippen LogP contribution in [0.2, 0.25) is 5.02 Å². The number of nitrogens with one attached hydrogen (secondary N) is 1. The van der Waals surface area contributed by atoms with E-state index in [-0.39, 0.29) is 6.61 Å². The Morgan fingerprint density at radius 3 is 2.92 bits per heavy atom. The van der Waals surface area contributed by atoms with Gasteiger partial charge in [0, 0.05) is 19.3 Å². The summed E-state index contributed by atoms with van der Waals surface area (Å²) < 4.78 is 12.2. The van der Waals surface area contributed by atoms with Crippen molar-refractivity contribution in [1.82, 2.24) is 25.5 Å². The fourth-order valence-electron chi connectivity index (χ4n) is 2.10. The van der Waals surface area contributed by atoms with Crippen LogP contribution in [0.15, 0.2) is 17.3 Å². The third kappa shape index (κ3) is 6.04. The van der Waals surface area contributed by atoms with Crippen molar-refractivity contribution in [2.45, 2.75) is 18.1 Å².